The molecular formula is C26H23F6N3O3. The fourth-order valence-corrected chi connectivity index (χ4v) is 4.81. The number of carbonyl (C=O) groups excluding carboxylic acids is 3. The number of nitrogens with zero attached hydrogens (tertiary/aromatic N) is 2. The standard InChI is InChI=1S/C26H23F6N3O3/c1-14-6-5-9-18-19(14)34-22(36)21(33-20(18)15-7-3-2-4-8-15)35-23(37)16(10-12-25(27,28)29)17(24(35)38)11-13-26(30,31)32/h2-9,16-17,21H,10-13H2,1H3,(H,34,36)/t16-,17+,21-/m0/s1. The van der Waals surface area contributed by atoms with Gasteiger partial charge in [-0.05, 0) is 25.3 Å². The molecule has 0 saturated carbocycles. The van der Waals surface area contributed by atoms with Gasteiger partial charge in [0.15, 0.2) is 0 Å². The first-order valence-electron chi connectivity index (χ1n) is 11.8. The minimum absolute atomic E-state index is 0.235. The molecule has 3 atom stereocenters. The molecule has 1 N–H and O–H groups in total. The minimum atomic E-state index is -4.69. The molecule has 4 rings (SSSR count). The number of carbonyl (C=O) groups is 3. The Hall–Kier alpha value is -3.70. The van der Waals surface area contributed by atoms with Crippen molar-refractivity contribution in [1.29, 1.82) is 0 Å². The summed E-state index contributed by atoms with van der Waals surface area (Å²) in [5, 5.41) is 2.64. The van der Waals surface area contributed by atoms with Crippen molar-refractivity contribution < 1.29 is 40.7 Å². The number of hydrogen-bond donors (Lipinski definition) is 1. The summed E-state index contributed by atoms with van der Waals surface area (Å²) < 4.78 is 77.7. The van der Waals surface area contributed by atoms with E-state index < -0.39 is 73.8 Å². The fourth-order valence-electron chi connectivity index (χ4n) is 4.81. The van der Waals surface area contributed by atoms with Crippen LogP contribution in [0.15, 0.2) is 53.5 Å². The lowest BCUT2D eigenvalue weighted by Gasteiger charge is -2.22. The number of imide groups is 1. The second kappa shape index (κ2) is 10.2. The Balaban J connectivity index is 1.78. The van der Waals surface area contributed by atoms with Gasteiger partial charge in [-0.15, -0.1) is 0 Å². The van der Waals surface area contributed by atoms with Gasteiger partial charge < -0.3 is 5.32 Å². The number of benzene rings is 2. The van der Waals surface area contributed by atoms with E-state index in [1.165, 1.54) is 0 Å². The topological polar surface area (TPSA) is 78.8 Å². The second-order valence-corrected chi connectivity index (χ2v) is 9.27. The van der Waals surface area contributed by atoms with Crippen LogP contribution in [0.2, 0.25) is 0 Å². The zero-order valence-corrected chi connectivity index (χ0v) is 20.1. The Morgan fingerprint density at radius 3 is 1.89 bits per heavy atom. The van der Waals surface area contributed by atoms with Crippen LogP contribution in [0.5, 0.6) is 0 Å². The largest absolute Gasteiger partial charge is 0.389 e. The molecular weight excluding hydrogens is 516 g/mol. The zero-order chi connectivity index (χ0) is 27.8. The number of likely N-dealkylation sites (tertiary alicyclic amines) is 1. The first-order chi connectivity index (χ1) is 17.8. The van der Waals surface area contributed by atoms with Gasteiger partial charge in [0.05, 0.1) is 23.2 Å². The number of halogens is 6. The maximum absolute atomic E-state index is 13.3. The normalized spacial score (nSPS) is 22.2. The van der Waals surface area contributed by atoms with Crippen LogP contribution in [0.1, 0.15) is 42.4 Å². The average molecular weight is 539 g/mol. The van der Waals surface area contributed by atoms with Crippen molar-refractivity contribution in [2.24, 2.45) is 16.8 Å². The summed E-state index contributed by atoms with van der Waals surface area (Å²) in [6, 6.07) is 13.6. The molecule has 0 unspecified atom stereocenters. The van der Waals surface area contributed by atoms with Crippen LogP contribution in [0.3, 0.4) is 0 Å². The number of fused-ring (bicyclic) bond motifs is 1. The Kier molecular flexibility index (Phi) is 7.35. The highest BCUT2D eigenvalue weighted by Crippen LogP contribution is 2.40. The van der Waals surface area contributed by atoms with Gasteiger partial charge in [-0.3, -0.25) is 14.4 Å². The molecule has 0 aliphatic carbocycles. The number of amides is 3. The number of benzodiazepines with no additional fused rings is 1. The molecule has 12 heteroatoms. The number of para-hydroxylation sites is 1. The number of alkyl halides is 6. The van der Waals surface area contributed by atoms with E-state index in [0.717, 1.165) is 0 Å². The lowest BCUT2D eigenvalue weighted by atomic mass is 9.87. The lowest BCUT2D eigenvalue weighted by Crippen LogP contribution is -2.46. The van der Waals surface area contributed by atoms with Gasteiger partial charge in [-0.25, -0.2) is 9.89 Å². The molecule has 6 nitrogen and oxygen atoms in total. The average Bonchev–Trinajstić information content (AvgIpc) is 2.96. The molecule has 2 heterocycles. The number of aliphatic imine (C=N–C) groups is 1. The van der Waals surface area contributed by atoms with Crippen LogP contribution >= 0.6 is 0 Å². The molecule has 2 aromatic carbocycles. The van der Waals surface area contributed by atoms with Crippen molar-refractivity contribution in [1.82, 2.24) is 4.90 Å². The van der Waals surface area contributed by atoms with Crippen LogP contribution in [0, 0.1) is 18.8 Å². The summed E-state index contributed by atoms with van der Waals surface area (Å²) in [7, 11) is 0. The Morgan fingerprint density at radius 1 is 0.816 bits per heavy atom. The molecule has 1 saturated heterocycles. The highest BCUT2D eigenvalue weighted by Gasteiger charge is 2.53. The van der Waals surface area contributed by atoms with Crippen molar-refractivity contribution >= 4 is 29.1 Å². The monoisotopic (exact) mass is 539 g/mol. The zero-order valence-electron chi connectivity index (χ0n) is 20.1. The van der Waals surface area contributed by atoms with Crippen LogP contribution in [-0.4, -0.2) is 46.9 Å². The first-order valence-corrected chi connectivity index (χ1v) is 11.8. The SMILES string of the molecule is Cc1cccc2c1NC(=O)[C@H](N1C(=O)[C@@H](CCC(F)(F)F)[C@@H](CCC(F)(F)F)C1=O)N=C2c1ccccc1. The van der Waals surface area contributed by atoms with E-state index in [1.54, 1.807) is 55.5 Å². The molecule has 202 valence electrons. The van der Waals surface area contributed by atoms with Gasteiger partial charge in [0.25, 0.3) is 5.91 Å². The molecule has 2 aromatic rings. The molecule has 1 fully saturated rings. The van der Waals surface area contributed by atoms with Gasteiger partial charge in [-0.1, -0.05) is 48.5 Å². The second-order valence-electron chi connectivity index (χ2n) is 9.27. The maximum Gasteiger partial charge on any atom is 0.389 e. The highest BCUT2D eigenvalue weighted by molar-refractivity contribution is 6.21. The molecule has 0 radical (unpaired) electrons. The third-order valence-corrected chi connectivity index (χ3v) is 6.63. The van der Waals surface area contributed by atoms with Gasteiger partial charge in [0, 0.05) is 24.0 Å². The summed E-state index contributed by atoms with van der Waals surface area (Å²) in [6.07, 6.45) is -15.9. The van der Waals surface area contributed by atoms with Crippen LogP contribution in [0.25, 0.3) is 0 Å². The Morgan fingerprint density at radius 2 is 1.37 bits per heavy atom. The van der Waals surface area contributed by atoms with E-state index in [0.29, 0.717) is 27.3 Å². The minimum Gasteiger partial charge on any atom is -0.322 e. The van der Waals surface area contributed by atoms with Crippen molar-refractivity contribution in [3.05, 3.63) is 65.2 Å². The molecule has 38 heavy (non-hydrogen) atoms. The quantitative estimate of drug-likeness (QED) is 0.395. The molecule has 0 aromatic heterocycles. The Labute approximate surface area is 213 Å². The van der Waals surface area contributed by atoms with E-state index in [2.05, 4.69) is 10.3 Å². The predicted molar refractivity (Wildman–Crippen MR) is 125 cm³/mol. The van der Waals surface area contributed by atoms with Gasteiger partial charge in [-0.2, -0.15) is 26.3 Å². The van der Waals surface area contributed by atoms with Gasteiger partial charge in [0.2, 0.25) is 18.0 Å². The molecule has 3 amide bonds. The third-order valence-electron chi connectivity index (χ3n) is 6.63. The highest BCUT2D eigenvalue weighted by atomic mass is 19.4. The smallest absolute Gasteiger partial charge is 0.322 e. The number of nitrogens with one attached hydrogen (secondary N) is 1. The summed E-state index contributed by atoms with van der Waals surface area (Å²) >= 11 is 0. The summed E-state index contributed by atoms with van der Waals surface area (Å²) in [4.78, 5) is 44.8. The van der Waals surface area contributed by atoms with Crippen LogP contribution < -0.4 is 5.32 Å². The number of aryl methyl sites for hydroxylation is 1. The number of anilines is 1. The molecule has 2 aliphatic rings. The number of rotatable bonds is 6. The molecule has 0 spiro atoms. The van der Waals surface area contributed by atoms with Crippen LogP contribution in [-0.2, 0) is 14.4 Å². The third kappa shape index (κ3) is 5.73. The van der Waals surface area contributed by atoms with E-state index in [-0.39, 0.29) is 5.71 Å². The molecule has 0 bridgehead atoms. The summed E-state index contributed by atoms with van der Waals surface area (Å²) in [5.41, 5.74) is 2.25. The fraction of sp³-hybridized carbons (Fsp3) is 0.385. The van der Waals surface area contributed by atoms with E-state index >= 15 is 0 Å². The Bertz CT molecular complexity index is 1240. The lowest BCUT2D eigenvalue weighted by molar-refractivity contribution is -0.147. The first kappa shape index (κ1) is 27.3. The summed E-state index contributed by atoms with van der Waals surface area (Å²) in [5.74, 6) is -6.53. The van der Waals surface area contributed by atoms with Gasteiger partial charge in [0.1, 0.15) is 0 Å². The molecule has 2 aliphatic heterocycles. The maximum atomic E-state index is 13.3. The van der Waals surface area contributed by atoms with E-state index in [4.69, 9.17) is 0 Å². The van der Waals surface area contributed by atoms with Crippen LogP contribution in [0.4, 0.5) is 32.0 Å². The number of hydrogen-bond acceptors (Lipinski definition) is 4. The van der Waals surface area contributed by atoms with Crippen molar-refractivity contribution in [3.8, 4) is 0 Å². The van der Waals surface area contributed by atoms with Crippen molar-refractivity contribution in [2.45, 2.75) is 51.1 Å². The van der Waals surface area contributed by atoms with E-state index in [1.807, 2.05) is 0 Å². The summed E-state index contributed by atoms with van der Waals surface area (Å²) in [6.45, 7) is 1.72. The van der Waals surface area contributed by atoms with E-state index in [9.17, 15) is 40.7 Å². The van der Waals surface area contributed by atoms with Crippen molar-refractivity contribution in [2.75, 3.05) is 5.32 Å². The van der Waals surface area contributed by atoms with Gasteiger partial charge >= 0.3 is 12.4 Å². The predicted octanol–water partition coefficient (Wildman–Crippen LogP) is 5.40. The van der Waals surface area contributed by atoms with Crippen molar-refractivity contribution in [3.63, 3.8) is 0 Å².